The number of carboxylic acid groups (broad SMARTS) is 1. The molecule has 0 bridgehead atoms. The smallest absolute Gasteiger partial charge is 0.351 e. The van der Waals surface area contributed by atoms with Crippen LogP contribution in [0.4, 0.5) is 5.82 Å². The minimum Gasteiger partial charge on any atom is -0.481 e. The maximum absolute atomic E-state index is 11.4. The summed E-state index contributed by atoms with van der Waals surface area (Å²) in [5.41, 5.74) is 5.44. The molecule has 2 heterocycles. The van der Waals surface area contributed by atoms with Gasteiger partial charge in [-0.1, -0.05) is 23.7 Å². The van der Waals surface area contributed by atoms with Crippen LogP contribution in [-0.2, 0) is 16.0 Å². The number of thioether (sulfide) groups is 1. The van der Waals surface area contributed by atoms with Gasteiger partial charge < -0.3 is 20.7 Å². The zero-order valence-electron chi connectivity index (χ0n) is 13.6. The maximum Gasteiger partial charge on any atom is 0.351 e. The van der Waals surface area contributed by atoms with Crippen LogP contribution in [0.5, 0.6) is 0 Å². The van der Waals surface area contributed by atoms with E-state index in [0.717, 1.165) is 5.56 Å². The number of nitrogens with zero attached hydrogens (tertiary/aromatic N) is 2. The summed E-state index contributed by atoms with van der Waals surface area (Å²) >= 11 is 7.07. The molecule has 1 aliphatic rings. The van der Waals surface area contributed by atoms with Crippen molar-refractivity contribution in [3.8, 4) is 0 Å². The van der Waals surface area contributed by atoms with E-state index in [9.17, 15) is 9.59 Å². The molecule has 0 unspecified atom stereocenters. The molecule has 140 valence electrons. The monoisotopic (exact) mass is 399 g/mol. The summed E-state index contributed by atoms with van der Waals surface area (Å²) in [7, 11) is 0. The molecular weight excluding hydrogens is 382 g/mol. The van der Waals surface area contributed by atoms with Crippen molar-refractivity contribution in [2.45, 2.75) is 18.1 Å². The van der Waals surface area contributed by atoms with Crippen LogP contribution in [0, 0.1) is 0 Å². The van der Waals surface area contributed by atoms with Gasteiger partial charge in [-0.15, -0.1) is 11.8 Å². The molecule has 3 rings (SSSR count). The fourth-order valence-electron chi connectivity index (χ4n) is 2.11. The second-order valence-corrected chi connectivity index (χ2v) is 6.90. The van der Waals surface area contributed by atoms with Gasteiger partial charge in [0.25, 0.3) is 0 Å². The van der Waals surface area contributed by atoms with E-state index in [1.54, 1.807) is 36.5 Å². The Balaban J connectivity index is 0.000000197. The highest BCUT2D eigenvalue weighted by atomic mass is 35.5. The number of hydrogen-bond acceptors (Lipinski definition) is 7. The summed E-state index contributed by atoms with van der Waals surface area (Å²) in [6.07, 6.45) is 1.24. The van der Waals surface area contributed by atoms with Crippen molar-refractivity contribution in [2.75, 3.05) is 18.1 Å². The van der Waals surface area contributed by atoms with E-state index in [1.165, 1.54) is 16.3 Å². The van der Waals surface area contributed by atoms with Crippen LogP contribution in [0.1, 0.15) is 11.8 Å². The lowest BCUT2D eigenvalue weighted by Crippen LogP contribution is -2.28. The summed E-state index contributed by atoms with van der Waals surface area (Å²) < 4.78 is 6.79. The third kappa shape index (κ3) is 6.03. The molecule has 0 aliphatic carbocycles. The first-order valence-corrected chi connectivity index (χ1v) is 9.00. The molecule has 4 N–H and O–H groups in total. The van der Waals surface area contributed by atoms with Gasteiger partial charge >= 0.3 is 11.7 Å². The number of benzene rings is 1. The maximum atomic E-state index is 11.4. The molecular formula is C16H18ClN3O5S. The van der Waals surface area contributed by atoms with Crippen molar-refractivity contribution in [2.24, 2.45) is 0 Å². The second-order valence-electron chi connectivity index (χ2n) is 5.28. The molecule has 1 saturated heterocycles. The number of aliphatic carboxylic acids is 1. The van der Waals surface area contributed by atoms with E-state index >= 15 is 0 Å². The number of carbonyl (C=O) groups is 1. The van der Waals surface area contributed by atoms with E-state index < -0.39 is 11.7 Å². The van der Waals surface area contributed by atoms with Gasteiger partial charge in [-0.25, -0.2) is 4.79 Å². The molecule has 1 aromatic carbocycles. The number of ether oxygens (including phenoxy) is 1. The lowest BCUT2D eigenvalue weighted by atomic mass is 10.2. The first kappa shape index (κ1) is 20.2. The molecule has 0 spiro atoms. The van der Waals surface area contributed by atoms with Crippen LogP contribution < -0.4 is 11.4 Å². The van der Waals surface area contributed by atoms with Gasteiger partial charge in [0.2, 0.25) is 0 Å². The van der Waals surface area contributed by atoms with Gasteiger partial charge in [-0.2, -0.15) is 4.98 Å². The molecule has 0 radical (unpaired) electrons. The number of anilines is 1. The number of aliphatic hydroxyl groups excluding tert-OH is 1. The number of nitrogen functional groups attached to an aromatic ring is 1. The zero-order chi connectivity index (χ0) is 19.1. The topological polar surface area (TPSA) is 128 Å². The van der Waals surface area contributed by atoms with Crippen LogP contribution in [0.2, 0.25) is 5.02 Å². The first-order valence-electron chi connectivity index (χ1n) is 7.58. The zero-order valence-corrected chi connectivity index (χ0v) is 15.2. The molecule has 10 heteroatoms. The van der Waals surface area contributed by atoms with Gasteiger partial charge in [-0.3, -0.25) is 9.36 Å². The number of aromatic nitrogens is 2. The Hall–Kier alpha value is -2.07. The quantitative estimate of drug-likeness (QED) is 0.703. The summed E-state index contributed by atoms with van der Waals surface area (Å²) in [5.74, 6) is -0.00979. The van der Waals surface area contributed by atoms with Crippen LogP contribution in [-0.4, -0.2) is 43.5 Å². The Morgan fingerprint density at radius 3 is 2.62 bits per heavy atom. The van der Waals surface area contributed by atoms with Crippen LogP contribution in [0.3, 0.4) is 0 Å². The molecule has 2 atom stereocenters. The molecule has 8 nitrogen and oxygen atoms in total. The molecule has 26 heavy (non-hydrogen) atoms. The van der Waals surface area contributed by atoms with Crippen molar-refractivity contribution < 1.29 is 19.7 Å². The van der Waals surface area contributed by atoms with Crippen LogP contribution in [0.25, 0.3) is 0 Å². The molecule has 0 saturated carbocycles. The standard InChI is InChI=1S/C8H7ClO2.C8H11N3O3S/c9-7-3-1-6(2-4-7)5-8(10)11;9-5-1-2-11(8(13)10-5)6-4-15-7(3-12)14-6/h1-4H,5H2,(H,10,11);1-2,6-7,12H,3-4H2,(H2,9,10,13)/t;6-,7+/m.0/s1. The van der Waals surface area contributed by atoms with Gasteiger partial charge in [0.15, 0.2) is 0 Å². The number of rotatable bonds is 4. The number of halogens is 1. The minimum atomic E-state index is -0.827. The lowest BCUT2D eigenvalue weighted by molar-refractivity contribution is -0.136. The summed E-state index contributed by atoms with van der Waals surface area (Å²) in [4.78, 5) is 25.3. The van der Waals surface area contributed by atoms with Crippen LogP contribution >= 0.6 is 23.4 Å². The average molecular weight is 400 g/mol. The first-order chi connectivity index (χ1) is 12.4. The predicted octanol–water partition coefficient (Wildman–Crippen LogP) is 1.37. The van der Waals surface area contributed by atoms with Crippen LogP contribution in [0.15, 0.2) is 41.3 Å². The van der Waals surface area contributed by atoms with E-state index in [2.05, 4.69) is 4.98 Å². The minimum absolute atomic E-state index is 0.0527. The fraction of sp³-hybridized carbons (Fsp3) is 0.312. The third-order valence-electron chi connectivity index (χ3n) is 3.31. The highest BCUT2D eigenvalue weighted by Gasteiger charge is 2.27. The van der Waals surface area contributed by atoms with Crippen molar-refractivity contribution in [1.82, 2.24) is 9.55 Å². The second kappa shape index (κ2) is 9.58. The van der Waals surface area contributed by atoms with E-state index in [1.807, 2.05) is 0 Å². The Labute approximate surface area is 158 Å². The lowest BCUT2D eigenvalue weighted by Gasteiger charge is -2.13. The normalized spacial score (nSPS) is 18.8. The molecule has 1 aliphatic heterocycles. The molecule has 2 aromatic rings. The Morgan fingerprint density at radius 1 is 1.38 bits per heavy atom. The third-order valence-corrected chi connectivity index (χ3v) is 4.67. The van der Waals surface area contributed by atoms with Gasteiger partial charge in [0, 0.05) is 17.0 Å². The van der Waals surface area contributed by atoms with Gasteiger partial charge in [0.05, 0.1) is 13.0 Å². The number of carboxylic acids is 1. The van der Waals surface area contributed by atoms with Crippen molar-refractivity contribution in [3.63, 3.8) is 0 Å². The number of hydrogen-bond donors (Lipinski definition) is 3. The van der Waals surface area contributed by atoms with Gasteiger partial charge in [-0.05, 0) is 23.8 Å². The molecule has 0 amide bonds. The van der Waals surface area contributed by atoms with Crippen molar-refractivity contribution >= 4 is 35.1 Å². The highest BCUT2D eigenvalue weighted by molar-refractivity contribution is 8.00. The molecule has 1 fully saturated rings. The summed E-state index contributed by atoms with van der Waals surface area (Å²) in [6.45, 7) is -0.0572. The number of nitrogens with two attached hydrogens (primary N) is 1. The fourth-order valence-corrected chi connectivity index (χ4v) is 3.16. The SMILES string of the molecule is Nc1ccn([C@@H]2CS[C@H](CO)O2)c(=O)n1.O=C(O)Cc1ccc(Cl)cc1. The van der Waals surface area contributed by atoms with E-state index in [0.29, 0.717) is 10.8 Å². The highest BCUT2D eigenvalue weighted by Crippen LogP contribution is 2.30. The van der Waals surface area contributed by atoms with E-state index in [-0.39, 0.29) is 30.5 Å². The van der Waals surface area contributed by atoms with Gasteiger partial charge in [0.1, 0.15) is 17.5 Å². The Bertz CT molecular complexity index is 799. The number of aliphatic hydroxyl groups is 1. The Morgan fingerprint density at radius 2 is 2.08 bits per heavy atom. The predicted molar refractivity (Wildman–Crippen MR) is 99.2 cm³/mol. The van der Waals surface area contributed by atoms with Crippen molar-refractivity contribution in [3.05, 3.63) is 57.6 Å². The largest absolute Gasteiger partial charge is 0.481 e. The molecule has 1 aromatic heterocycles. The van der Waals surface area contributed by atoms with Crippen molar-refractivity contribution in [1.29, 1.82) is 0 Å². The summed E-state index contributed by atoms with van der Waals surface area (Å²) in [5, 5.41) is 17.9. The Kier molecular flexibility index (Phi) is 7.46. The summed E-state index contributed by atoms with van der Waals surface area (Å²) in [6, 6.07) is 8.31. The van der Waals surface area contributed by atoms with E-state index in [4.69, 9.17) is 32.3 Å². The average Bonchev–Trinajstić information content (AvgIpc) is 3.06.